The number of carbonyl (C=O) groups is 2. The first kappa shape index (κ1) is 23.5. The van der Waals surface area contributed by atoms with Gasteiger partial charge in [-0.1, -0.05) is 48.5 Å². The summed E-state index contributed by atoms with van der Waals surface area (Å²) >= 11 is 0. The van der Waals surface area contributed by atoms with Crippen molar-refractivity contribution in [3.05, 3.63) is 77.1 Å². The average molecular weight is 466 g/mol. The molecule has 0 bridgehead atoms. The van der Waals surface area contributed by atoms with Gasteiger partial charge in [0.05, 0.1) is 19.4 Å². The van der Waals surface area contributed by atoms with Gasteiger partial charge in [-0.25, -0.2) is 9.59 Å². The second-order valence-electron chi connectivity index (χ2n) is 8.12. The van der Waals surface area contributed by atoms with Gasteiger partial charge in [-0.3, -0.25) is 4.68 Å². The first-order valence-electron chi connectivity index (χ1n) is 11.0. The van der Waals surface area contributed by atoms with E-state index in [9.17, 15) is 19.8 Å². The van der Waals surface area contributed by atoms with Crippen LogP contribution < -0.4 is 5.32 Å². The third kappa shape index (κ3) is 4.52. The average Bonchev–Trinajstić information content (AvgIpc) is 3.39. The van der Waals surface area contributed by atoms with Crippen LogP contribution in [-0.4, -0.2) is 58.4 Å². The fourth-order valence-corrected chi connectivity index (χ4v) is 4.35. The van der Waals surface area contributed by atoms with Crippen molar-refractivity contribution in [2.24, 2.45) is 7.05 Å². The number of carbonyl (C=O) groups excluding carboxylic acids is 2. The summed E-state index contributed by atoms with van der Waals surface area (Å²) in [5.41, 5.74) is 4.74. The molecule has 1 amide bonds. The van der Waals surface area contributed by atoms with Crippen LogP contribution in [0, 0.1) is 0 Å². The van der Waals surface area contributed by atoms with Crippen molar-refractivity contribution >= 4 is 12.1 Å². The van der Waals surface area contributed by atoms with E-state index in [1.54, 1.807) is 0 Å². The Kier molecular flexibility index (Phi) is 6.95. The van der Waals surface area contributed by atoms with Gasteiger partial charge in [0.25, 0.3) is 0 Å². The normalized spacial score (nSPS) is 14.1. The van der Waals surface area contributed by atoms with Crippen molar-refractivity contribution in [2.75, 3.05) is 20.3 Å². The quantitative estimate of drug-likeness (QED) is 0.437. The number of fused-ring (bicyclic) bond motifs is 3. The molecule has 1 aliphatic rings. The van der Waals surface area contributed by atoms with Crippen molar-refractivity contribution in [1.82, 2.24) is 15.1 Å². The Morgan fingerprint density at radius 3 is 2.32 bits per heavy atom. The second kappa shape index (κ2) is 10.1. The fourth-order valence-electron chi connectivity index (χ4n) is 4.35. The number of aromatic nitrogens is 2. The molecule has 1 heterocycles. The number of aliphatic hydroxyl groups is 2. The molecule has 178 valence electrons. The molecule has 3 aromatic rings. The van der Waals surface area contributed by atoms with Crippen LogP contribution in [0.1, 0.15) is 45.6 Å². The van der Waals surface area contributed by atoms with Gasteiger partial charge in [0.2, 0.25) is 0 Å². The molecular formula is C25H27N3O6. The number of alkyl carbamates (subject to hydrolysis) is 1. The molecule has 0 spiro atoms. The maximum Gasteiger partial charge on any atom is 0.407 e. The molecule has 2 unspecified atom stereocenters. The summed E-state index contributed by atoms with van der Waals surface area (Å²) in [7, 11) is 2.76. The molecule has 0 saturated heterocycles. The molecule has 2 aromatic carbocycles. The summed E-state index contributed by atoms with van der Waals surface area (Å²) in [6.07, 6.45) is -1.87. The van der Waals surface area contributed by atoms with Gasteiger partial charge < -0.3 is 25.0 Å². The Morgan fingerprint density at radius 1 is 1.09 bits per heavy atom. The standard InChI is InChI=1S/C25H27N3O6/c1-28-22(24(31)33-2)19(13-27-28)23(30)21(29)11-12-26-25(32)34-14-20-17-9-5-3-7-15(17)16-8-4-6-10-18(16)20/h3-10,13,20-21,23,29-30H,11-12,14H2,1-2H3,(H,26,32). The highest BCUT2D eigenvalue weighted by atomic mass is 16.5. The van der Waals surface area contributed by atoms with E-state index in [0.717, 1.165) is 22.3 Å². The van der Waals surface area contributed by atoms with Gasteiger partial charge in [0.1, 0.15) is 12.7 Å². The molecule has 9 nitrogen and oxygen atoms in total. The number of ether oxygens (including phenoxy) is 2. The lowest BCUT2D eigenvalue weighted by Gasteiger charge is -2.18. The lowest BCUT2D eigenvalue weighted by atomic mass is 9.98. The number of aryl methyl sites for hydroxylation is 1. The smallest absolute Gasteiger partial charge is 0.407 e. The van der Waals surface area contributed by atoms with Crippen LogP contribution in [0.25, 0.3) is 11.1 Å². The molecule has 9 heteroatoms. The monoisotopic (exact) mass is 465 g/mol. The van der Waals surface area contributed by atoms with Gasteiger partial charge in [-0.15, -0.1) is 0 Å². The van der Waals surface area contributed by atoms with E-state index in [2.05, 4.69) is 22.5 Å². The van der Waals surface area contributed by atoms with Crippen molar-refractivity contribution in [3.63, 3.8) is 0 Å². The van der Waals surface area contributed by atoms with Crippen LogP contribution >= 0.6 is 0 Å². The SMILES string of the molecule is COC(=O)c1c(C(O)C(O)CCNC(=O)OCC2c3ccccc3-c3ccccc32)cnn1C. The highest BCUT2D eigenvalue weighted by Gasteiger charge is 2.30. The number of esters is 1. The number of benzene rings is 2. The van der Waals surface area contributed by atoms with Crippen molar-refractivity contribution in [1.29, 1.82) is 0 Å². The van der Waals surface area contributed by atoms with Crippen molar-refractivity contribution in [3.8, 4) is 11.1 Å². The van der Waals surface area contributed by atoms with Crippen LogP contribution in [0.15, 0.2) is 54.7 Å². The molecule has 0 saturated carbocycles. The first-order valence-corrected chi connectivity index (χ1v) is 11.0. The predicted octanol–water partition coefficient (Wildman–Crippen LogP) is 2.53. The lowest BCUT2D eigenvalue weighted by molar-refractivity contribution is 0.0124. The lowest BCUT2D eigenvalue weighted by Crippen LogP contribution is -2.31. The molecule has 0 aliphatic heterocycles. The van der Waals surface area contributed by atoms with E-state index >= 15 is 0 Å². The van der Waals surface area contributed by atoms with E-state index < -0.39 is 24.3 Å². The molecule has 2 atom stereocenters. The number of aliphatic hydroxyl groups excluding tert-OH is 2. The van der Waals surface area contributed by atoms with Crippen LogP contribution in [0.5, 0.6) is 0 Å². The Morgan fingerprint density at radius 2 is 1.71 bits per heavy atom. The summed E-state index contributed by atoms with van der Waals surface area (Å²) in [4.78, 5) is 24.2. The third-order valence-corrected chi connectivity index (χ3v) is 6.08. The number of hydrogen-bond acceptors (Lipinski definition) is 7. The molecule has 1 aliphatic carbocycles. The topological polar surface area (TPSA) is 123 Å². The van der Waals surface area contributed by atoms with E-state index in [1.807, 2.05) is 36.4 Å². The summed E-state index contributed by atoms with van der Waals surface area (Å²) in [6.45, 7) is 0.256. The Balaban J connectivity index is 1.30. The molecular weight excluding hydrogens is 438 g/mol. The van der Waals surface area contributed by atoms with Crippen LogP contribution in [0.4, 0.5) is 4.79 Å². The Bertz CT molecular complexity index is 1150. The fraction of sp³-hybridized carbons (Fsp3) is 0.320. The van der Waals surface area contributed by atoms with Gasteiger partial charge >= 0.3 is 12.1 Å². The van der Waals surface area contributed by atoms with Crippen LogP contribution in [0.2, 0.25) is 0 Å². The van der Waals surface area contributed by atoms with E-state index in [4.69, 9.17) is 9.47 Å². The second-order valence-corrected chi connectivity index (χ2v) is 8.12. The number of methoxy groups -OCH3 is 1. The maximum absolute atomic E-state index is 12.3. The highest BCUT2D eigenvalue weighted by molar-refractivity contribution is 5.89. The van der Waals surface area contributed by atoms with Gasteiger partial charge in [-0.05, 0) is 28.7 Å². The molecule has 1 aromatic heterocycles. The first-order chi connectivity index (χ1) is 16.4. The largest absolute Gasteiger partial charge is 0.464 e. The Hall–Kier alpha value is -3.69. The number of rotatable bonds is 8. The molecule has 0 fully saturated rings. The number of nitrogens with one attached hydrogen (secondary N) is 1. The molecule has 3 N–H and O–H groups in total. The molecule has 34 heavy (non-hydrogen) atoms. The van der Waals surface area contributed by atoms with Gasteiger partial charge in [0, 0.05) is 25.1 Å². The highest BCUT2D eigenvalue weighted by Crippen LogP contribution is 2.44. The molecule has 0 radical (unpaired) electrons. The summed E-state index contributed by atoms with van der Waals surface area (Å²) in [6, 6.07) is 16.1. The zero-order valence-corrected chi connectivity index (χ0v) is 19.0. The zero-order chi connectivity index (χ0) is 24.2. The van der Waals surface area contributed by atoms with Gasteiger partial charge in [0.15, 0.2) is 5.69 Å². The van der Waals surface area contributed by atoms with Gasteiger partial charge in [-0.2, -0.15) is 5.10 Å². The summed E-state index contributed by atoms with van der Waals surface area (Å²) in [5, 5.41) is 27.4. The third-order valence-electron chi connectivity index (χ3n) is 6.08. The van der Waals surface area contributed by atoms with Crippen molar-refractivity contribution in [2.45, 2.75) is 24.5 Å². The number of hydrogen-bond donors (Lipinski definition) is 3. The minimum atomic E-state index is -1.37. The van der Waals surface area contributed by atoms with Crippen molar-refractivity contribution < 1.29 is 29.3 Å². The minimum Gasteiger partial charge on any atom is -0.464 e. The van der Waals surface area contributed by atoms with E-state index in [1.165, 1.54) is 25.0 Å². The predicted molar refractivity (Wildman–Crippen MR) is 123 cm³/mol. The molecule has 4 rings (SSSR count). The number of nitrogens with zero attached hydrogens (tertiary/aromatic N) is 2. The maximum atomic E-state index is 12.3. The number of amides is 1. The van der Waals surface area contributed by atoms with E-state index in [-0.39, 0.29) is 36.7 Å². The minimum absolute atomic E-state index is 0.0425. The summed E-state index contributed by atoms with van der Waals surface area (Å²) < 4.78 is 11.4. The zero-order valence-electron chi connectivity index (χ0n) is 19.0. The van der Waals surface area contributed by atoms with Crippen LogP contribution in [-0.2, 0) is 16.5 Å². The van der Waals surface area contributed by atoms with E-state index in [0.29, 0.717) is 0 Å². The summed E-state index contributed by atoms with van der Waals surface area (Å²) in [5.74, 6) is -0.717. The van der Waals surface area contributed by atoms with Crippen LogP contribution in [0.3, 0.4) is 0 Å². The Labute approximate surface area is 196 Å².